The zero-order valence-corrected chi connectivity index (χ0v) is 16.3. The number of carbonyl (C=O) groups excluding carboxylic acids is 1. The molecule has 0 aliphatic carbocycles. The molecule has 0 aromatic carbocycles. The van der Waals surface area contributed by atoms with E-state index in [-0.39, 0.29) is 11.6 Å². The molecule has 0 bridgehead atoms. The second kappa shape index (κ2) is 7.24. The van der Waals surface area contributed by atoms with Crippen molar-refractivity contribution in [2.45, 2.75) is 19.3 Å². The van der Waals surface area contributed by atoms with Crippen molar-refractivity contribution in [1.82, 2.24) is 19.7 Å². The number of nitrogens with one attached hydrogen (secondary N) is 1. The van der Waals surface area contributed by atoms with E-state index in [1.165, 1.54) is 11.3 Å². The summed E-state index contributed by atoms with van der Waals surface area (Å²) in [5.74, 6) is 1.41. The molecule has 1 saturated heterocycles. The van der Waals surface area contributed by atoms with Gasteiger partial charge in [0.05, 0.1) is 0 Å². The smallest absolute Gasteiger partial charge is 0.348 e. The number of H-pyrrole nitrogens is 1. The molecule has 1 fully saturated rings. The van der Waals surface area contributed by atoms with Gasteiger partial charge in [-0.05, 0) is 64.3 Å². The second-order valence-corrected chi connectivity index (χ2v) is 7.98. The normalized spacial score (nSPS) is 15.5. The monoisotopic (exact) mass is 436 g/mol. The van der Waals surface area contributed by atoms with E-state index >= 15 is 0 Å². The SMILES string of the molecule is O=C(c1ccc(Br)o1)N1CCC(Cc2n[nH]c(=O)n2-c2cccs2)CC1. The third-order valence-corrected chi connectivity index (χ3v) is 5.90. The van der Waals surface area contributed by atoms with Gasteiger partial charge in [-0.15, -0.1) is 11.3 Å². The lowest BCUT2D eigenvalue weighted by atomic mass is 9.93. The molecule has 4 rings (SSSR count). The molecular formula is C17H17BrN4O3S. The van der Waals surface area contributed by atoms with Crippen LogP contribution in [0.25, 0.3) is 5.00 Å². The van der Waals surface area contributed by atoms with Crippen molar-refractivity contribution in [2.75, 3.05) is 13.1 Å². The lowest BCUT2D eigenvalue weighted by Crippen LogP contribution is -2.39. The van der Waals surface area contributed by atoms with Crippen molar-refractivity contribution in [3.63, 3.8) is 0 Å². The van der Waals surface area contributed by atoms with Gasteiger partial charge in [-0.25, -0.2) is 14.5 Å². The number of nitrogens with zero attached hydrogens (tertiary/aromatic N) is 3. The Bertz CT molecular complexity index is 951. The fraction of sp³-hybridized carbons (Fsp3) is 0.353. The highest BCUT2D eigenvalue weighted by molar-refractivity contribution is 9.10. The van der Waals surface area contributed by atoms with Crippen LogP contribution in [0.1, 0.15) is 29.2 Å². The molecule has 7 nitrogen and oxygen atoms in total. The Kier molecular flexibility index (Phi) is 4.82. The molecule has 0 spiro atoms. The Balaban J connectivity index is 1.41. The first-order valence-corrected chi connectivity index (χ1v) is 10.0. The number of furan rings is 1. The first-order chi connectivity index (χ1) is 12.6. The van der Waals surface area contributed by atoms with E-state index < -0.39 is 0 Å². The highest BCUT2D eigenvalue weighted by Gasteiger charge is 2.27. The summed E-state index contributed by atoms with van der Waals surface area (Å²) in [6, 6.07) is 7.23. The van der Waals surface area contributed by atoms with E-state index in [1.807, 2.05) is 22.4 Å². The van der Waals surface area contributed by atoms with Crippen molar-refractivity contribution in [3.8, 4) is 5.00 Å². The van der Waals surface area contributed by atoms with Crippen LogP contribution in [0.4, 0.5) is 0 Å². The second-order valence-electron chi connectivity index (χ2n) is 6.28. The summed E-state index contributed by atoms with van der Waals surface area (Å²) < 4.78 is 7.55. The molecule has 4 heterocycles. The maximum atomic E-state index is 12.4. The average molecular weight is 437 g/mol. The van der Waals surface area contributed by atoms with Crippen molar-refractivity contribution in [3.05, 3.63) is 56.4 Å². The maximum absolute atomic E-state index is 12.4. The summed E-state index contributed by atoms with van der Waals surface area (Å²) in [5.41, 5.74) is -0.210. The number of rotatable bonds is 4. The Hall–Kier alpha value is -2.13. The van der Waals surface area contributed by atoms with Crippen molar-refractivity contribution in [2.24, 2.45) is 5.92 Å². The molecule has 3 aromatic heterocycles. The number of thiophene rings is 1. The molecule has 1 aliphatic heterocycles. The summed E-state index contributed by atoms with van der Waals surface area (Å²) in [6.45, 7) is 1.35. The molecule has 0 saturated carbocycles. The lowest BCUT2D eigenvalue weighted by molar-refractivity contribution is 0.0656. The summed E-state index contributed by atoms with van der Waals surface area (Å²) in [6.07, 6.45) is 2.46. The molecule has 3 aromatic rings. The molecule has 9 heteroatoms. The topological polar surface area (TPSA) is 84.1 Å². The van der Waals surface area contributed by atoms with Crippen LogP contribution in [-0.2, 0) is 6.42 Å². The number of amides is 1. The third-order valence-electron chi connectivity index (χ3n) is 4.63. The van der Waals surface area contributed by atoms with Crippen LogP contribution in [0.3, 0.4) is 0 Å². The fourth-order valence-electron chi connectivity index (χ4n) is 3.27. The number of hydrogen-bond donors (Lipinski definition) is 1. The van der Waals surface area contributed by atoms with E-state index in [9.17, 15) is 9.59 Å². The lowest BCUT2D eigenvalue weighted by Gasteiger charge is -2.31. The summed E-state index contributed by atoms with van der Waals surface area (Å²) in [7, 11) is 0. The molecule has 136 valence electrons. The van der Waals surface area contributed by atoms with E-state index in [1.54, 1.807) is 16.7 Å². The molecule has 1 amide bonds. The first-order valence-electron chi connectivity index (χ1n) is 8.36. The standard InChI is InChI=1S/C17H17BrN4O3S/c18-13-4-3-12(25-13)16(23)21-7-5-11(6-8-21)10-14-19-20-17(24)22(14)15-2-1-9-26-15/h1-4,9,11H,5-8,10H2,(H,20,24). The van der Waals surface area contributed by atoms with Gasteiger partial charge < -0.3 is 9.32 Å². The van der Waals surface area contributed by atoms with E-state index in [2.05, 4.69) is 26.1 Å². The van der Waals surface area contributed by atoms with Gasteiger partial charge in [-0.2, -0.15) is 5.10 Å². The van der Waals surface area contributed by atoms with Crippen LogP contribution < -0.4 is 5.69 Å². The van der Waals surface area contributed by atoms with Crippen LogP contribution in [0.2, 0.25) is 0 Å². The minimum Gasteiger partial charge on any atom is -0.444 e. The van der Waals surface area contributed by atoms with E-state index in [0.717, 1.165) is 23.7 Å². The van der Waals surface area contributed by atoms with Crippen LogP contribution in [0, 0.1) is 5.92 Å². The number of aromatic amines is 1. The first kappa shape index (κ1) is 17.3. The number of aromatic nitrogens is 3. The summed E-state index contributed by atoms with van der Waals surface area (Å²) in [5, 5.41) is 9.56. The van der Waals surface area contributed by atoms with Crippen LogP contribution in [0.15, 0.2) is 43.5 Å². The van der Waals surface area contributed by atoms with E-state index in [4.69, 9.17) is 4.42 Å². The van der Waals surface area contributed by atoms with Gasteiger partial charge in [-0.1, -0.05) is 0 Å². The molecule has 1 aliphatic rings. The van der Waals surface area contributed by atoms with Crippen molar-refractivity contribution < 1.29 is 9.21 Å². The number of piperidine rings is 1. The molecular weight excluding hydrogens is 420 g/mol. The Labute approximate surface area is 161 Å². The summed E-state index contributed by atoms with van der Waals surface area (Å²) >= 11 is 4.73. The summed E-state index contributed by atoms with van der Waals surface area (Å²) in [4.78, 5) is 26.3. The Morgan fingerprint density at radius 1 is 1.35 bits per heavy atom. The van der Waals surface area contributed by atoms with Gasteiger partial charge >= 0.3 is 5.69 Å². The van der Waals surface area contributed by atoms with Crippen molar-refractivity contribution >= 4 is 33.2 Å². The maximum Gasteiger partial charge on any atom is 0.348 e. The highest BCUT2D eigenvalue weighted by Crippen LogP contribution is 2.24. The van der Waals surface area contributed by atoms with Gasteiger partial charge in [0.2, 0.25) is 0 Å². The van der Waals surface area contributed by atoms with Gasteiger partial charge in [0.15, 0.2) is 10.4 Å². The quantitative estimate of drug-likeness (QED) is 0.680. The van der Waals surface area contributed by atoms with Crippen LogP contribution in [-0.4, -0.2) is 38.7 Å². The van der Waals surface area contributed by atoms with Crippen molar-refractivity contribution in [1.29, 1.82) is 0 Å². The van der Waals surface area contributed by atoms with Crippen LogP contribution >= 0.6 is 27.3 Å². The van der Waals surface area contributed by atoms with Gasteiger partial charge in [0.1, 0.15) is 10.8 Å². The largest absolute Gasteiger partial charge is 0.444 e. The molecule has 0 atom stereocenters. The van der Waals surface area contributed by atoms with Gasteiger partial charge in [-0.3, -0.25) is 4.79 Å². The minimum absolute atomic E-state index is 0.0792. The molecule has 1 N–H and O–H groups in total. The predicted molar refractivity (Wildman–Crippen MR) is 101 cm³/mol. The Morgan fingerprint density at radius 2 is 2.15 bits per heavy atom. The Morgan fingerprint density at radius 3 is 2.81 bits per heavy atom. The fourth-order valence-corrected chi connectivity index (χ4v) is 4.33. The number of likely N-dealkylation sites (tertiary alicyclic amines) is 1. The molecule has 0 radical (unpaired) electrons. The zero-order valence-electron chi connectivity index (χ0n) is 13.9. The molecule has 0 unspecified atom stereocenters. The molecule has 26 heavy (non-hydrogen) atoms. The average Bonchev–Trinajstić information content (AvgIpc) is 3.37. The predicted octanol–water partition coefficient (Wildman–Crippen LogP) is 3.07. The number of hydrogen-bond acceptors (Lipinski definition) is 5. The zero-order chi connectivity index (χ0) is 18.1. The highest BCUT2D eigenvalue weighted by atomic mass is 79.9. The number of carbonyl (C=O) groups is 1. The van der Waals surface area contributed by atoms with Crippen LogP contribution in [0.5, 0.6) is 0 Å². The van der Waals surface area contributed by atoms with Gasteiger partial charge in [0, 0.05) is 19.5 Å². The minimum atomic E-state index is -0.210. The van der Waals surface area contributed by atoms with E-state index in [0.29, 0.717) is 35.9 Å². The number of halogens is 1. The van der Waals surface area contributed by atoms with Gasteiger partial charge in [0.25, 0.3) is 5.91 Å². The third kappa shape index (κ3) is 3.41.